The predicted molar refractivity (Wildman–Crippen MR) is 118 cm³/mol. The Labute approximate surface area is 185 Å². The molecule has 4 nitrogen and oxygen atoms in total. The molecule has 1 aliphatic carbocycles. The van der Waals surface area contributed by atoms with Crippen molar-refractivity contribution in [1.82, 2.24) is 0 Å². The summed E-state index contributed by atoms with van der Waals surface area (Å²) in [7, 11) is 1.63. The summed E-state index contributed by atoms with van der Waals surface area (Å²) in [6, 6.07) is 15.5. The van der Waals surface area contributed by atoms with Crippen LogP contribution in [0.15, 0.2) is 58.7 Å². The van der Waals surface area contributed by atoms with Gasteiger partial charge >= 0.3 is 0 Å². The highest BCUT2D eigenvalue weighted by Crippen LogP contribution is 2.47. The van der Waals surface area contributed by atoms with E-state index < -0.39 is 5.92 Å². The van der Waals surface area contributed by atoms with E-state index in [0.717, 1.165) is 28.3 Å². The lowest BCUT2D eigenvalue weighted by atomic mass is 9.69. The first-order valence-corrected chi connectivity index (χ1v) is 10.5. The van der Waals surface area contributed by atoms with Gasteiger partial charge in [0.2, 0.25) is 0 Å². The van der Waals surface area contributed by atoms with E-state index in [9.17, 15) is 10.1 Å². The van der Waals surface area contributed by atoms with Crippen LogP contribution in [0.2, 0.25) is 10.0 Å². The second kappa shape index (κ2) is 8.26. The van der Waals surface area contributed by atoms with E-state index in [1.54, 1.807) is 19.2 Å². The summed E-state index contributed by atoms with van der Waals surface area (Å²) in [6.45, 7) is 1.85. The van der Waals surface area contributed by atoms with Crippen molar-refractivity contribution >= 4 is 34.7 Å². The zero-order valence-electron chi connectivity index (χ0n) is 16.7. The fourth-order valence-corrected chi connectivity index (χ4v) is 4.71. The molecule has 0 fully saturated rings. The number of ether oxygens (including phenoxy) is 1. The maximum absolute atomic E-state index is 13.3. The van der Waals surface area contributed by atoms with Crippen LogP contribution in [-0.4, -0.2) is 18.6 Å². The maximum atomic E-state index is 13.3. The van der Waals surface area contributed by atoms with E-state index in [4.69, 9.17) is 32.9 Å². The summed E-state index contributed by atoms with van der Waals surface area (Å²) in [5.41, 5.74) is 4.02. The number of carbonyl (C=O) groups excluding carboxylic acids is 1. The molecule has 2 aromatic carbocycles. The molecule has 3 atom stereocenters. The van der Waals surface area contributed by atoms with Gasteiger partial charge in [0.15, 0.2) is 5.78 Å². The van der Waals surface area contributed by atoms with E-state index in [-0.39, 0.29) is 17.6 Å². The van der Waals surface area contributed by atoms with E-state index in [0.29, 0.717) is 28.5 Å². The average molecular weight is 439 g/mol. The van der Waals surface area contributed by atoms with Gasteiger partial charge in [0.1, 0.15) is 5.75 Å². The molecule has 0 N–H and O–H groups in total. The molecule has 0 spiro atoms. The van der Waals surface area contributed by atoms with Crippen molar-refractivity contribution in [3.63, 3.8) is 0 Å². The highest BCUT2D eigenvalue weighted by atomic mass is 35.5. The topological polar surface area (TPSA) is 62.4 Å². The van der Waals surface area contributed by atoms with Gasteiger partial charge in [-0.1, -0.05) is 41.4 Å². The molecular weight excluding hydrogens is 419 g/mol. The number of rotatable bonds is 3. The molecule has 0 bridgehead atoms. The van der Waals surface area contributed by atoms with E-state index in [2.05, 4.69) is 6.07 Å². The zero-order chi connectivity index (χ0) is 21.4. The standard InChI is InChI=1S/C24H20Cl2N2O2/c1-13-18(12-27)23(15-5-8-19(25)20(26)9-15)24-21(28-13)10-16(11-22(24)29)14-3-6-17(30-2)7-4-14/h3-9,16,18,23H,10-11H2,1-2H3. The smallest absolute Gasteiger partial charge is 0.161 e. The monoisotopic (exact) mass is 438 g/mol. The number of hydrogen-bond donors (Lipinski definition) is 0. The van der Waals surface area contributed by atoms with Crippen molar-refractivity contribution in [3.05, 3.63) is 74.9 Å². The summed E-state index contributed by atoms with van der Waals surface area (Å²) in [6.07, 6.45) is 1.04. The number of halogens is 2. The van der Waals surface area contributed by atoms with Crippen molar-refractivity contribution in [2.24, 2.45) is 10.9 Å². The third-order valence-electron chi connectivity index (χ3n) is 5.92. The van der Waals surface area contributed by atoms with Crippen molar-refractivity contribution in [3.8, 4) is 11.8 Å². The van der Waals surface area contributed by atoms with Crippen molar-refractivity contribution in [2.45, 2.75) is 31.6 Å². The Morgan fingerprint density at radius 1 is 1.07 bits per heavy atom. The molecule has 0 saturated carbocycles. The number of allylic oxidation sites excluding steroid dienone is 2. The first-order valence-electron chi connectivity index (χ1n) is 9.72. The molecule has 30 heavy (non-hydrogen) atoms. The Kier molecular flexibility index (Phi) is 5.69. The van der Waals surface area contributed by atoms with Gasteiger partial charge in [-0.05, 0) is 54.7 Å². The second-order valence-electron chi connectivity index (χ2n) is 7.67. The number of ketones is 1. The first kappa shape index (κ1) is 20.7. The number of nitrogens with zero attached hydrogens (tertiary/aromatic N) is 2. The number of nitriles is 1. The largest absolute Gasteiger partial charge is 0.497 e. The second-order valence-corrected chi connectivity index (χ2v) is 8.49. The third kappa shape index (κ3) is 3.64. The number of hydrogen-bond acceptors (Lipinski definition) is 4. The minimum absolute atomic E-state index is 0.0321. The van der Waals surface area contributed by atoms with Crippen LogP contribution in [0.5, 0.6) is 5.75 Å². The average Bonchev–Trinajstić information content (AvgIpc) is 2.74. The molecule has 2 aromatic rings. The third-order valence-corrected chi connectivity index (χ3v) is 6.66. The van der Waals surface area contributed by atoms with Gasteiger partial charge < -0.3 is 4.74 Å². The van der Waals surface area contributed by atoms with Gasteiger partial charge in [-0.15, -0.1) is 0 Å². The van der Waals surface area contributed by atoms with Gasteiger partial charge in [-0.2, -0.15) is 5.26 Å². The molecule has 6 heteroatoms. The molecule has 152 valence electrons. The van der Waals surface area contributed by atoms with Gasteiger partial charge in [-0.3, -0.25) is 9.79 Å². The van der Waals surface area contributed by atoms with Gasteiger partial charge in [0.25, 0.3) is 0 Å². The molecule has 4 rings (SSSR count). The molecule has 2 aliphatic rings. The first-order chi connectivity index (χ1) is 14.4. The SMILES string of the molecule is COc1ccc(C2CC(=O)C3=C(C2)N=C(C)C(C#N)C3c2ccc(Cl)c(Cl)c2)cc1. The Morgan fingerprint density at radius 3 is 2.40 bits per heavy atom. The molecule has 1 heterocycles. The van der Waals surface area contributed by atoms with Crippen LogP contribution in [0.4, 0.5) is 0 Å². The Balaban J connectivity index is 1.76. The molecular formula is C24H20Cl2N2O2. The Bertz CT molecular complexity index is 1110. The van der Waals surface area contributed by atoms with Crippen LogP contribution < -0.4 is 4.74 Å². The van der Waals surface area contributed by atoms with E-state index in [1.807, 2.05) is 37.3 Å². The molecule has 0 aromatic heterocycles. The number of benzene rings is 2. The lowest BCUT2D eigenvalue weighted by Crippen LogP contribution is -2.32. The van der Waals surface area contributed by atoms with Crippen molar-refractivity contribution in [1.29, 1.82) is 5.26 Å². The summed E-state index contributed by atoms with van der Waals surface area (Å²) in [4.78, 5) is 18.0. The van der Waals surface area contributed by atoms with Crippen LogP contribution in [0, 0.1) is 17.2 Å². The number of aliphatic imine (C=N–C) groups is 1. The highest BCUT2D eigenvalue weighted by Gasteiger charge is 2.41. The molecule has 0 saturated heterocycles. The van der Waals surface area contributed by atoms with Crippen LogP contribution in [0.1, 0.15) is 42.7 Å². The number of carbonyl (C=O) groups is 1. The van der Waals surface area contributed by atoms with Crippen LogP contribution >= 0.6 is 23.2 Å². The van der Waals surface area contributed by atoms with E-state index >= 15 is 0 Å². The van der Waals surface area contributed by atoms with E-state index in [1.165, 1.54) is 0 Å². The maximum Gasteiger partial charge on any atom is 0.161 e. The van der Waals surface area contributed by atoms with Crippen molar-refractivity contribution < 1.29 is 9.53 Å². The molecule has 3 unspecified atom stereocenters. The lowest BCUT2D eigenvalue weighted by molar-refractivity contribution is -0.116. The van der Waals surface area contributed by atoms with Crippen LogP contribution in [-0.2, 0) is 4.79 Å². The quantitative estimate of drug-likeness (QED) is 0.581. The lowest BCUT2D eigenvalue weighted by Gasteiger charge is -2.35. The van der Waals surface area contributed by atoms with Gasteiger partial charge in [-0.25, -0.2) is 0 Å². The normalized spacial score (nSPS) is 23.5. The summed E-state index contributed by atoms with van der Waals surface area (Å²) < 4.78 is 5.23. The Hall–Kier alpha value is -2.61. The Morgan fingerprint density at radius 2 is 1.77 bits per heavy atom. The van der Waals surface area contributed by atoms with Crippen LogP contribution in [0.25, 0.3) is 0 Å². The molecule has 1 aliphatic heterocycles. The van der Waals surface area contributed by atoms with Gasteiger partial charge in [0, 0.05) is 29.3 Å². The summed E-state index contributed by atoms with van der Waals surface area (Å²) in [5, 5.41) is 10.7. The van der Waals surface area contributed by atoms with Crippen LogP contribution in [0.3, 0.4) is 0 Å². The molecule has 0 amide bonds. The fraction of sp³-hybridized carbons (Fsp3) is 0.292. The minimum atomic E-state index is -0.512. The fourth-order valence-electron chi connectivity index (χ4n) is 4.40. The summed E-state index contributed by atoms with van der Waals surface area (Å²) in [5.74, 6) is -0.0376. The minimum Gasteiger partial charge on any atom is -0.497 e. The predicted octanol–water partition coefficient (Wildman–Crippen LogP) is 6.10. The number of methoxy groups -OCH3 is 1. The summed E-state index contributed by atoms with van der Waals surface area (Å²) >= 11 is 12.3. The van der Waals surface area contributed by atoms with Crippen molar-refractivity contribution in [2.75, 3.05) is 7.11 Å². The number of Topliss-reactive ketones (excluding diaryl/α,β-unsaturated/α-hetero) is 1. The molecule has 0 radical (unpaired) electrons. The zero-order valence-corrected chi connectivity index (χ0v) is 18.2. The highest BCUT2D eigenvalue weighted by molar-refractivity contribution is 6.42. The van der Waals surface area contributed by atoms with Gasteiger partial charge in [0.05, 0.1) is 29.1 Å².